The zero-order chi connectivity index (χ0) is 13.7. The van der Waals surface area contributed by atoms with E-state index in [0.29, 0.717) is 18.4 Å². The van der Waals surface area contributed by atoms with Crippen LogP contribution in [0.2, 0.25) is 0 Å². The number of carbonyl (C=O) groups is 1. The lowest BCUT2D eigenvalue weighted by molar-refractivity contribution is -0.148. The Morgan fingerprint density at radius 3 is 2.74 bits per heavy atom. The van der Waals surface area contributed by atoms with E-state index in [1.54, 1.807) is 0 Å². The molecule has 2 rings (SSSR count). The monoisotopic (exact) mass is 264 g/mol. The van der Waals surface area contributed by atoms with Gasteiger partial charge < -0.3 is 5.11 Å². The lowest BCUT2D eigenvalue weighted by Crippen LogP contribution is -2.55. The molecule has 0 aromatic heterocycles. The largest absolute Gasteiger partial charge is 0.480 e. The predicted octanol–water partition coefficient (Wildman–Crippen LogP) is 2.79. The number of nitriles is 1. The Bertz CT molecular complexity index is 351. The first-order chi connectivity index (χ1) is 9.24. The van der Waals surface area contributed by atoms with Gasteiger partial charge in [-0.25, -0.2) is 0 Å². The number of nitrogens with zero attached hydrogens (tertiary/aromatic N) is 2. The molecule has 0 amide bonds. The molecule has 1 saturated heterocycles. The van der Waals surface area contributed by atoms with Crippen molar-refractivity contribution < 1.29 is 9.90 Å². The van der Waals surface area contributed by atoms with Gasteiger partial charge in [0.1, 0.15) is 6.04 Å². The first kappa shape index (κ1) is 14.3. The quantitative estimate of drug-likeness (QED) is 0.775. The van der Waals surface area contributed by atoms with Gasteiger partial charge in [-0.2, -0.15) is 5.26 Å². The second-order valence-corrected chi connectivity index (χ2v) is 5.90. The maximum absolute atomic E-state index is 11.4. The van der Waals surface area contributed by atoms with Crippen molar-refractivity contribution in [1.82, 2.24) is 4.90 Å². The first-order valence-corrected chi connectivity index (χ1v) is 7.59. The van der Waals surface area contributed by atoms with Crippen LogP contribution in [-0.2, 0) is 4.79 Å². The van der Waals surface area contributed by atoms with Crippen LogP contribution in [0.1, 0.15) is 57.8 Å². The highest BCUT2D eigenvalue weighted by molar-refractivity contribution is 5.73. The third-order valence-corrected chi connectivity index (χ3v) is 4.75. The zero-order valence-electron chi connectivity index (χ0n) is 11.6. The van der Waals surface area contributed by atoms with Crippen LogP contribution in [0.3, 0.4) is 0 Å². The molecule has 0 aromatic carbocycles. The number of carboxylic acid groups (broad SMARTS) is 1. The van der Waals surface area contributed by atoms with E-state index in [1.807, 2.05) is 0 Å². The van der Waals surface area contributed by atoms with E-state index < -0.39 is 5.97 Å². The molecule has 1 aliphatic carbocycles. The molecule has 0 bridgehead atoms. The minimum absolute atomic E-state index is 0.290. The minimum Gasteiger partial charge on any atom is -0.480 e. The average Bonchev–Trinajstić information content (AvgIpc) is 2.43. The Morgan fingerprint density at radius 2 is 2.00 bits per heavy atom. The summed E-state index contributed by atoms with van der Waals surface area (Å²) in [6, 6.07) is 2.35. The summed E-state index contributed by atoms with van der Waals surface area (Å²) in [5.74, 6) is 0.0459. The van der Waals surface area contributed by atoms with E-state index in [1.165, 1.54) is 19.3 Å². The summed E-state index contributed by atoms with van der Waals surface area (Å²) in [6.45, 7) is 0.847. The van der Waals surface area contributed by atoms with E-state index in [-0.39, 0.29) is 6.04 Å². The van der Waals surface area contributed by atoms with Crippen LogP contribution in [0.15, 0.2) is 0 Å². The van der Waals surface area contributed by atoms with Crippen molar-refractivity contribution in [1.29, 1.82) is 5.26 Å². The standard InChI is InChI=1S/C15H24N2O2/c16-10-4-1-5-11-17-13-7-3-2-6-12(13)8-9-14(17)15(18)19/h12-14H,1-9,11H2,(H,18,19). The number of rotatable bonds is 5. The second-order valence-electron chi connectivity index (χ2n) is 5.90. The Kier molecular flexibility index (Phi) is 5.21. The number of aliphatic carboxylic acids is 1. The van der Waals surface area contributed by atoms with E-state index in [0.717, 1.165) is 38.6 Å². The molecule has 0 aromatic rings. The molecule has 19 heavy (non-hydrogen) atoms. The van der Waals surface area contributed by atoms with Gasteiger partial charge in [0.15, 0.2) is 0 Å². The number of piperidine rings is 1. The van der Waals surface area contributed by atoms with E-state index in [2.05, 4.69) is 11.0 Å². The maximum atomic E-state index is 11.4. The molecule has 4 nitrogen and oxygen atoms in total. The Morgan fingerprint density at radius 1 is 1.21 bits per heavy atom. The molecule has 1 aliphatic heterocycles. The van der Waals surface area contributed by atoms with Gasteiger partial charge in [-0.15, -0.1) is 0 Å². The number of hydrogen-bond donors (Lipinski definition) is 1. The van der Waals surface area contributed by atoms with E-state index >= 15 is 0 Å². The third-order valence-electron chi connectivity index (χ3n) is 4.75. The van der Waals surface area contributed by atoms with E-state index in [4.69, 9.17) is 5.26 Å². The van der Waals surface area contributed by atoms with Crippen LogP contribution < -0.4 is 0 Å². The van der Waals surface area contributed by atoms with E-state index in [9.17, 15) is 9.90 Å². The highest BCUT2D eigenvalue weighted by atomic mass is 16.4. The summed E-state index contributed by atoms with van der Waals surface area (Å²) in [6.07, 6.45) is 9.27. The summed E-state index contributed by atoms with van der Waals surface area (Å²) >= 11 is 0. The van der Waals surface area contributed by atoms with Gasteiger partial charge in [0, 0.05) is 12.5 Å². The van der Waals surface area contributed by atoms with Crippen LogP contribution in [0, 0.1) is 17.2 Å². The van der Waals surface area contributed by atoms with Gasteiger partial charge in [0.25, 0.3) is 0 Å². The molecule has 3 atom stereocenters. The number of likely N-dealkylation sites (tertiary alicyclic amines) is 1. The third kappa shape index (κ3) is 3.48. The topological polar surface area (TPSA) is 64.3 Å². The number of fused-ring (bicyclic) bond motifs is 1. The molecule has 2 aliphatic rings. The van der Waals surface area contributed by atoms with Crippen molar-refractivity contribution in [2.45, 2.75) is 69.9 Å². The van der Waals surface area contributed by atoms with Gasteiger partial charge in [-0.3, -0.25) is 9.69 Å². The molecule has 3 unspecified atom stereocenters. The van der Waals surface area contributed by atoms with Crippen molar-refractivity contribution in [3.63, 3.8) is 0 Å². The van der Waals surface area contributed by atoms with Crippen LogP contribution in [0.5, 0.6) is 0 Å². The molecular weight excluding hydrogens is 240 g/mol. The second kappa shape index (κ2) is 6.91. The normalized spacial score (nSPS) is 31.4. The van der Waals surface area contributed by atoms with Crippen molar-refractivity contribution in [3.8, 4) is 6.07 Å². The van der Waals surface area contributed by atoms with Crippen LogP contribution >= 0.6 is 0 Å². The molecular formula is C15H24N2O2. The van der Waals surface area contributed by atoms with Crippen LogP contribution in [0.4, 0.5) is 0 Å². The summed E-state index contributed by atoms with van der Waals surface area (Å²) in [5, 5.41) is 18.0. The van der Waals surface area contributed by atoms with Crippen molar-refractivity contribution >= 4 is 5.97 Å². The molecule has 1 heterocycles. The highest BCUT2D eigenvalue weighted by Crippen LogP contribution is 2.38. The SMILES string of the molecule is N#CCCCCN1C(C(=O)O)CCC2CCCCC21. The lowest BCUT2D eigenvalue weighted by atomic mass is 9.76. The highest BCUT2D eigenvalue weighted by Gasteiger charge is 2.40. The fourth-order valence-electron chi connectivity index (χ4n) is 3.82. The number of unbranched alkanes of at least 4 members (excludes halogenated alkanes) is 2. The van der Waals surface area contributed by atoms with Gasteiger partial charge >= 0.3 is 5.97 Å². The van der Waals surface area contributed by atoms with Gasteiger partial charge in [0.2, 0.25) is 0 Å². The van der Waals surface area contributed by atoms with Crippen molar-refractivity contribution in [3.05, 3.63) is 0 Å². The summed E-state index contributed by atoms with van der Waals surface area (Å²) in [5.41, 5.74) is 0. The first-order valence-electron chi connectivity index (χ1n) is 7.59. The maximum Gasteiger partial charge on any atom is 0.320 e. The van der Waals surface area contributed by atoms with Crippen molar-refractivity contribution in [2.75, 3.05) is 6.54 Å². The predicted molar refractivity (Wildman–Crippen MR) is 72.6 cm³/mol. The number of carboxylic acids is 1. The smallest absolute Gasteiger partial charge is 0.320 e. The molecule has 106 valence electrons. The summed E-state index contributed by atoms with van der Waals surface area (Å²) in [7, 11) is 0. The molecule has 4 heteroatoms. The fraction of sp³-hybridized carbons (Fsp3) is 0.867. The lowest BCUT2D eigenvalue weighted by Gasteiger charge is -2.47. The molecule has 1 N–H and O–H groups in total. The molecule has 0 spiro atoms. The van der Waals surface area contributed by atoms with Gasteiger partial charge in [-0.05, 0) is 51.0 Å². The van der Waals surface area contributed by atoms with Crippen LogP contribution in [-0.4, -0.2) is 34.6 Å². The Hall–Kier alpha value is -1.08. The van der Waals surface area contributed by atoms with Gasteiger partial charge in [-0.1, -0.05) is 12.8 Å². The van der Waals surface area contributed by atoms with Gasteiger partial charge in [0.05, 0.1) is 6.07 Å². The Balaban J connectivity index is 1.97. The molecule has 1 saturated carbocycles. The summed E-state index contributed by atoms with van der Waals surface area (Å²) < 4.78 is 0. The zero-order valence-corrected chi connectivity index (χ0v) is 11.6. The fourth-order valence-corrected chi connectivity index (χ4v) is 3.82. The minimum atomic E-state index is -0.663. The Labute approximate surface area is 115 Å². The average molecular weight is 264 g/mol. The van der Waals surface area contributed by atoms with Crippen LogP contribution in [0.25, 0.3) is 0 Å². The molecule has 2 fully saturated rings. The van der Waals surface area contributed by atoms with Crippen molar-refractivity contribution in [2.24, 2.45) is 5.92 Å². The summed E-state index contributed by atoms with van der Waals surface area (Å²) in [4.78, 5) is 13.7. The number of hydrogen-bond acceptors (Lipinski definition) is 3. The molecule has 0 radical (unpaired) electrons.